The van der Waals surface area contributed by atoms with Crippen molar-refractivity contribution < 1.29 is 9.18 Å². The van der Waals surface area contributed by atoms with Gasteiger partial charge in [0.1, 0.15) is 6.17 Å². The van der Waals surface area contributed by atoms with Gasteiger partial charge in [0.25, 0.3) is 0 Å². The zero-order valence-electron chi connectivity index (χ0n) is 7.86. The van der Waals surface area contributed by atoms with Gasteiger partial charge in [-0.2, -0.15) is 0 Å². The Morgan fingerprint density at radius 2 is 2.08 bits per heavy atom. The highest BCUT2D eigenvalue weighted by Gasteiger charge is 2.34. The van der Waals surface area contributed by atoms with E-state index in [4.69, 9.17) is 0 Å². The maximum atomic E-state index is 12.7. The fourth-order valence-corrected chi connectivity index (χ4v) is 1.41. The first-order chi connectivity index (χ1) is 5.41. The molecule has 0 aliphatic carbocycles. The number of rotatable bonds is 1. The van der Waals surface area contributed by atoms with Crippen LogP contribution in [-0.4, -0.2) is 24.5 Å². The van der Waals surface area contributed by atoms with E-state index in [1.54, 1.807) is 0 Å². The van der Waals surface area contributed by atoms with Gasteiger partial charge in [-0.1, -0.05) is 20.8 Å². The number of nitrogens with one attached hydrogen (secondary N) is 1. The molecule has 2 nitrogen and oxygen atoms in total. The van der Waals surface area contributed by atoms with Crippen molar-refractivity contribution >= 4 is 5.78 Å². The van der Waals surface area contributed by atoms with Crippen LogP contribution in [0.15, 0.2) is 0 Å². The smallest absolute Gasteiger partial charge is 0.155 e. The largest absolute Gasteiger partial charge is 0.304 e. The van der Waals surface area contributed by atoms with Crippen molar-refractivity contribution in [2.75, 3.05) is 6.54 Å². The number of hydrogen-bond donors (Lipinski definition) is 1. The topological polar surface area (TPSA) is 29.1 Å². The minimum absolute atomic E-state index is 0.114. The van der Waals surface area contributed by atoms with Crippen LogP contribution in [0.25, 0.3) is 0 Å². The molecule has 1 fully saturated rings. The summed E-state index contributed by atoms with van der Waals surface area (Å²) in [5.74, 6) is 0.114. The minimum Gasteiger partial charge on any atom is -0.304 e. The Kier molecular flexibility index (Phi) is 2.52. The van der Waals surface area contributed by atoms with Crippen molar-refractivity contribution in [3.63, 3.8) is 0 Å². The molecule has 12 heavy (non-hydrogen) atoms. The van der Waals surface area contributed by atoms with Gasteiger partial charge < -0.3 is 5.32 Å². The minimum atomic E-state index is -0.846. The van der Waals surface area contributed by atoms with E-state index in [1.165, 1.54) is 0 Å². The number of hydrogen-bond acceptors (Lipinski definition) is 2. The molecule has 2 atom stereocenters. The first-order valence-corrected chi connectivity index (χ1v) is 4.33. The summed E-state index contributed by atoms with van der Waals surface area (Å²) in [7, 11) is 0. The summed E-state index contributed by atoms with van der Waals surface area (Å²) in [5, 5.41) is 2.89. The summed E-state index contributed by atoms with van der Waals surface area (Å²) in [6.07, 6.45) is -0.503. The van der Waals surface area contributed by atoms with E-state index in [1.807, 2.05) is 20.8 Å². The van der Waals surface area contributed by atoms with Crippen LogP contribution in [0.5, 0.6) is 0 Å². The maximum absolute atomic E-state index is 12.7. The summed E-state index contributed by atoms with van der Waals surface area (Å²) >= 11 is 0. The van der Waals surface area contributed by atoms with Crippen LogP contribution in [0.1, 0.15) is 27.2 Å². The van der Waals surface area contributed by atoms with E-state index in [9.17, 15) is 9.18 Å². The van der Waals surface area contributed by atoms with Gasteiger partial charge in [0, 0.05) is 18.4 Å². The summed E-state index contributed by atoms with van der Waals surface area (Å²) < 4.78 is 12.7. The Labute approximate surface area is 72.5 Å². The van der Waals surface area contributed by atoms with Gasteiger partial charge >= 0.3 is 0 Å². The second-order valence-corrected chi connectivity index (χ2v) is 4.41. The van der Waals surface area contributed by atoms with Gasteiger partial charge in [0.2, 0.25) is 0 Å². The van der Waals surface area contributed by atoms with Crippen molar-refractivity contribution in [1.82, 2.24) is 5.32 Å². The molecule has 1 heterocycles. The molecule has 2 unspecified atom stereocenters. The molecular formula is C9H16FNO. The highest BCUT2D eigenvalue weighted by molar-refractivity contribution is 5.89. The zero-order chi connectivity index (χ0) is 9.35. The van der Waals surface area contributed by atoms with E-state index < -0.39 is 6.17 Å². The molecule has 1 aliphatic rings. The third kappa shape index (κ3) is 2.03. The summed E-state index contributed by atoms with van der Waals surface area (Å²) in [6, 6.07) is -0.264. The lowest BCUT2D eigenvalue weighted by Gasteiger charge is -2.20. The van der Waals surface area contributed by atoms with Crippen LogP contribution in [0, 0.1) is 5.41 Å². The van der Waals surface area contributed by atoms with E-state index >= 15 is 0 Å². The molecule has 0 aromatic rings. The van der Waals surface area contributed by atoms with Gasteiger partial charge in [0.15, 0.2) is 5.78 Å². The highest BCUT2D eigenvalue weighted by atomic mass is 19.1. The Morgan fingerprint density at radius 3 is 2.42 bits per heavy atom. The first-order valence-electron chi connectivity index (χ1n) is 4.33. The van der Waals surface area contributed by atoms with Crippen LogP contribution in [0.3, 0.4) is 0 Å². The van der Waals surface area contributed by atoms with Gasteiger partial charge in [-0.25, -0.2) is 4.39 Å². The zero-order valence-corrected chi connectivity index (χ0v) is 7.86. The number of Topliss-reactive ketones (excluding diaryl/α,β-unsaturated/α-hetero) is 1. The molecule has 1 N–H and O–H groups in total. The fraction of sp³-hybridized carbons (Fsp3) is 0.889. The summed E-state index contributed by atoms with van der Waals surface area (Å²) in [6.45, 7) is 5.92. The second kappa shape index (κ2) is 3.13. The van der Waals surface area contributed by atoms with E-state index in [-0.39, 0.29) is 17.2 Å². The third-order valence-electron chi connectivity index (χ3n) is 2.13. The van der Waals surface area contributed by atoms with Crippen LogP contribution in [-0.2, 0) is 4.79 Å². The Balaban J connectivity index is 2.55. The molecule has 0 bridgehead atoms. The van der Waals surface area contributed by atoms with Crippen LogP contribution < -0.4 is 5.32 Å². The van der Waals surface area contributed by atoms with Gasteiger partial charge in [-0.15, -0.1) is 0 Å². The number of carbonyl (C=O) groups excluding carboxylic acids is 1. The van der Waals surface area contributed by atoms with E-state index in [2.05, 4.69) is 5.32 Å². The SMILES string of the molecule is CC(C)(C)C(=O)C1CC(F)CN1. The van der Waals surface area contributed by atoms with Crippen molar-refractivity contribution in [1.29, 1.82) is 0 Å². The monoisotopic (exact) mass is 173 g/mol. The predicted molar refractivity (Wildman–Crippen MR) is 45.8 cm³/mol. The molecule has 0 radical (unpaired) electrons. The lowest BCUT2D eigenvalue weighted by atomic mass is 9.86. The number of halogens is 1. The van der Waals surface area contributed by atoms with E-state index in [0.717, 1.165) is 0 Å². The van der Waals surface area contributed by atoms with Crippen molar-refractivity contribution in [2.45, 2.75) is 39.4 Å². The van der Waals surface area contributed by atoms with Gasteiger partial charge in [-0.05, 0) is 0 Å². The molecule has 0 aromatic carbocycles. The Hall–Kier alpha value is -0.440. The van der Waals surface area contributed by atoms with Crippen molar-refractivity contribution in [3.8, 4) is 0 Å². The van der Waals surface area contributed by atoms with Crippen LogP contribution in [0.4, 0.5) is 4.39 Å². The maximum Gasteiger partial charge on any atom is 0.155 e. The molecular weight excluding hydrogens is 157 g/mol. The quantitative estimate of drug-likeness (QED) is 0.647. The van der Waals surface area contributed by atoms with Crippen molar-refractivity contribution in [2.24, 2.45) is 5.41 Å². The molecule has 70 valence electrons. The molecule has 0 spiro atoms. The van der Waals surface area contributed by atoms with Crippen LogP contribution in [0.2, 0.25) is 0 Å². The molecule has 3 heteroatoms. The normalized spacial score (nSPS) is 30.7. The second-order valence-electron chi connectivity index (χ2n) is 4.41. The molecule has 1 aliphatic heterocycles. The van der Waals surface area contributed by atoms with Crippen LogP contribution >= 0.6 is 0 Å². The van der Waals surface area contributed by atoms with E-state index in [0.29, 0.717) is 13.0 Å². The molecule has 0 saturated carbocycles. The fourth-order valence-electron chi connectivity index (χ4n) is 1.41. The van der Waals surface area contributed by atoms with Gasteiger partial charge in [0.05, 0.1) is 6.04 Å². The first kappa shape index (κ1) is 9.65. The lowest BCUT2D eigenvalue weighted by Crippen LogP contribution is -2.38. The Morgan fingerprint density at radius 1 is 1.50 bits per heavy atom. The summed E-state index contributed by atoms with van der Waals surface area (Å²) in [5.41, 5.74) is -0.359. The molecule has 0 aromatic heterocycles. The average Bonchev–Trinajstić information content (AvgIpc) is 2.32. The number of carbonyl (C=O) groups is 1. The molecule has 0 amide bonds. The predicted octanol–water partition coefficient (Wildman–Crippen LogP) is 1.30. The van der Waals surface area contributed by atoms with Gasteiger partial charge in [-0.3, -0.25) is 4.79 Å². The highest BCUT2D eigenvalue weighted by Crippen LogP contribution is 2.22. The Bertz CT molecular complexity index is 185. The lowest BCUT2D eigenvalue weighted by molar-refractivity contribution is -0.128. The molecule has 1 rings (SSSR count). The third-order valence-corrected chi connectivity index (χ3v) is 2.13. The number of alkyl halides is 1. The summed E-state index contributed by atoms with van der Waals surface area (Å²) in [4.78, 5) is 11.6. The number of ketones is 1. The van der Waals surface area contributed by atoms with Crippen molar-refractivity contribution in [3.05, 3.63) is 0 Å². The average molecular weight is 173 g/mol. The molecule has 1 saturated heterocycles. The standard InChI is InChI=1S/C9H16FNO/c1-9(2,3)8(12)7-4-6(10)5-11-7/h6-7,11H,4-5H2,1-3H3.